The maximum absolute atomic E-state index is 12.8. The van der Waals surface area contributed by atoms with Crippen molar-refractivity contribution in [3.63, 3.8) is 0 Å². The smallest absolute Gasteiger partial charge is 0.308 e. The maximum Gasteiger partial charge on any atom is 0.308 e. The molecule has 1 aromatic carbocycles. The van der Waals surface area contributed by atoms with E-state index in [9.17, 15) is 14.0 Å². The zero-order valence-corrected chi connectivity index (χ0v) is 10.7. The minimum atomic E-state index is -1.01. The fourth-order valence-corrected chi connectivity index (χ4v) is 1.55. The predicted molar refractivity (Wildman–Crippen MR) is 65.1 cm³/mol. The van der Waals surface area contributed by atoms with Gasteiger partial charge in [-0.15, -0.1) is 0 Å². The number of rotatable bonds is 4. The molecule has 0 bridgehead atoms. The van der Waals surface area contributed by atoms with Crippen LogP contribution in [0.3, 0.4) is 0 Å². The molecule has 0 spiro atoms. The number of aliphatic carboxylic acids is 1. The molecule has 0 aliphatic carbocycles. The Balaban J connectivity index is 2.79. The van der Waals surface area contributed by atoms with E-state index >= 15 is 0 Å². The van der Waals surface area contributed by atoms with Crippen molar-refractivity contribution < 1.29 is 19.1 Å². The van der Waals surface area contributed by atoms with E-state index < -0.39 is 29.7 Å². The normalized spacial score (nSPS) is 13.8. The monoisotopic (exact) mass is 273 g/mol. The molecule has 98 valence electrons. The highest BCUT2D eigenvalue weighted by atomic mass is 35.5. The van der Waals surface area contributed by atoms with Gasteiger partial charge in [-0.3, -0.25) is 9.59 Å². The Morgan fingerprint density at radius 3 is 2.50 bits per heavy atom. The van der Waals surface area contributed by atoms with Crippen LogP contribution >= 0.6 is 11.6 Å². The summed E-state index contributed by atoms with van der Waals surface area (Å²) < 4.78 is 12.8. The number of amides is 1. The van der Waals surface area contributed by atoms with Crippen molar-refractivity contribution in [2.45, 2.75) is 19.9 Å². The molecule has 0 radical (unpaired) electrons. The molecular weight excluding hydrogens is 261 g/mol. The molecule has 1 aromatic rings. The molecule has 1 rings (SSSR count). The van der Waals surface area contributed by atoms with Gasteiger partial charge in [0.05, 0.1) is 16.5 Å². The van der Waals surface area contributed by atoms with Gasteiger partial charge in [-0.05, 0) is 32.0 Å². The predicted octanol–water partition coefficient (Wildman–Crippen LogP) is 2.32. The van der Waals surface area contributed by atoms with Crippen LogP contribution in [0.5, 0.6) is 0 Å². The lowest BCUT2D eigenvalue weighted by Crippen LogP contribution is -2.40. The zero-order valence-electron chi connectivity index (χ0n) is 9.91. The molecule has 0 heterocycles. The standard InChI is InChI=1S/C12H13ClFNO3/c1-6(12(17)18)7(2)15-11(16)9-4-3-8(14)5-10(9)13/h3-7H,1-2H3,(H,15,16)(H,17,18). The third-order valence-corrected chi connectivity index (χ3v) is 2.99. The second kappa shape index (κ2) is 5.82. The first kappa shape index (κ1) is 14.4. The van der Waals surface area contributed by atoms with E-state index in [0.717, 1.165) is 12.1 Å². The Hall–Kier alpha value is -1.62. The molecule has 0 aliphatic rings. The van der Waals surface area contributed by atoms with Gasteiger partial charge in [-0.2, -0.15) is 0 Å². The van der Waals surface area contributed by atoms with Crippen LogP contribution in [0.1, 0.15) is 24.2 Å². The van der Waals surface area contributed by atoms with Crippen molar-refractivity contribution in [2.75, 3.05) is 0 Å². The summed E-state index contributed by atoms with van der Waals surface area (Å²) in [7, 11) is 0. The highest BCUT2D eigenvalue weighted by molar-refractivity contribution is 6.33. The molecule has 6 heteroatoms. The lowest BCUT2D eigenvalue weighted by molar-refractivity contribution is -0.141. The van der Waals surface area contributed by atoms with Gasteiger partial charge in [-0.1, -0.05) is 11.6 Å². The van der Waals surface area contributed by atoms with Crippen LogP contribution in [-0.4, -0.2) is 23.0 Å². The lowest BCUT2D eigenvalue weighted by Gasteiger charge is -2.18. The highest BCUT2D eigenvalue weighted by Gasteiger charge is 2.22. The van der Waals surface area contributed by atoms with Gasteiger partial charge < -0.3 is 10.4 Å². The fourth-order valence-electron chi connectivity index (χ4n) is 1.30. The summed E-state index contributed by atoms with van der Waals surface area (Å²) in [5.74, 6) is -2.80. The van der Waals surface area contributed by atoms with Gasteiger partial charge in [0, 0.05) is 6.04 Å². The molecule has 1 amide bonds. The second-order valence-electron chi connectivity index (χ2n) is 4.01. The Bertz CT molecular complexity index is 478. The van der Waals surface area contributed by atoms with Gasteiger partial charge >= 0.3 is 5.97 Å². The van der Waals surface area contributed by atoms with Crippen LogP contribution in [0.25, 0.3) is 0 Å². The van der Waals surface area contributed by atoms with E-state index in [-0.39, 0.29) is 10.6 Å². The van der Waals surface area contributed by atoms with Crippen molar-refractivity contribution in [1.82, 2.24) is 5.32 Å². The number of halogens is 2. The Morgan fingerprint density at radius 1 is 1.39 bits per heavy atom. The van der Waals surface area contributed by atoms with Gasteiger partial charge in [0.25, 0.3) is 5.91 Å². The molecule has 0 saturated heterocycles. The summed E-state index contributed by atoms with van der Waals surface area (Å²) >= 11 is 5.73. The first-order valence-electron chi connectivity index (χ1n) is 5.31. The van der Waals surface area contributed by atoms with E-state index in [0.29, 0.717) is 0 Å². The van der Waals surface area contributed by atoms with Crippen molar-refractivity contribution in [1.29, 1.82) is 0 Å². The summed E-state index contributed by atoms with van der Waals surface area (Å²) in [5.41, 5.74) is 0.113. The van der Waals surface area contributed by atoms with E-state index in [1.807, 2.05) is 0 Å². The quantitative estimate of drug-likeness (QED) is 0.885. The Kier molecular flexibility index (Phi) is 4.67. The third-order valence-electron chi connectivity index (χ3n) is 2.67. The molecule has 18 heavy (non-hydrogen) atoms. The topological polar surface area (TPSA) is 66.4 Å². The largest absolute Gasteiger partial charge is 0.481 e. The first-order valence-corrected chi connectivity index (χ1v) is 5.69. The van der Waals surface area contributed by atoms with E-state index in [4.69, 9.17) is 16.7 Å². The molecule has 2 atom stereocenters. The summed E-state index contributed by atoms with van der Waals surface area (Å²) in [6.45, 7) is 3.06. The van der Waals surface area contributed by atoms with E-state index in [1.54, 1.807) is 6.92 Å². The van der Waals surface area contributed by atoms with Crippen molar-refractivity contribution >= 4 is 23.5 Å². The molecule has 0 aliphatic heterocycles. The van der Waals surface area contributed by atoms with Crippen LogP contribution in [0, 0.1) is 11.7 Å². The lowest BCUT2D eigenvalue weighted by atomic mass is 10.0. The van der Waals surface area contributed by atoms with E-state index in [2.05, 4.69) is 5.32 Å². The maximum atomic E-state index is 12.8. The number of benzene rings is 1. The van der Waals surface area contributed by atoms with Crippen molar-refractivity contribution in [3.05, 3.63) is 34.6 Å². The summed E-state index contributed by atoms with van der Waals surface area (Å²) in [5, 5.41) is 11.3. The SMILES string of the molecule is CC(NC(=O)c1ccc(F)cc1Cl)C(C)C(=O)O. The number of carbonyl (C=O) groups is 2. The molecule has 2 unspecified atom stereocenters. The average Bonchev–Trinajstić information content (AvgIpc) is 2.27. The summed E-state index contributed by atoms with van der Waals surface area (Å²) in [6, 6.07) is 2.84. The average molecular weight is 274 g/mol. The Labute approximate surface area is 109 Å². The van der Waals surface area contributed by atoms with Crippen LogP contribution in [-0.2, 0) is 4.79 Å². The van der Waals surface area contributed by atoms with Gasteiger partial charge in [0.2, 0.25) is 0 Å². The zero-order chi connectivity index (χ0) is 13.9. The molecule has 0 aromatic heterocycles. The molecule has 0 saturated carbocycles. The van der Waals surface area contributed by atoms with E-state index in [1.165, 1.54) is 13.0 Å². The fraction of sp³-hybridized carbons (Fsp3) is 0.333. The Morgan fingerprint density at radius 2 is 2.00 bits per heavy atom. The number of carboxylic acid groups (broad SMARTS) is 1. The summed E-state index contributed by atoms with van der Waals surface area (Å²) in [6.07, 6.45) is 0. The minimum absolute atomic E-state index is 0.0114. The molecule has 0 fully saturated rings. The number of hydrogen-bond acceptors (Lipinski definition) is 2. The molecule has 2 N–H and O–H groups in total. The third kappa shape index (κ3) is 3.43. The van der Waals surface area contributed by atoms with Gasteiger partial charge in [0.1, 0.15) is 5.82 Å². The number of hydrogen-bond donors (Lipinski definition) is 2. The molecule has 4 nitrogen and oxygen atoms in total. The van der Waals surface area contributed by atoms with Crippen LogP contribution in [0.15, 0.2) is 18.2 Å². The van der Waals surface area contributed by atoms with Crippen LogP contribution in [0.4, 0.5) is 4.39 Å². The highest BCUT2D eigenvalue weighted by Crippen LogP contribution is 2.17. The first-order chi connectivity index (χ1) is 8.32. The minimum Gasteiger partial charge on any atom is -0.481 e. The van der Waals surface area contributed by atoms with Crippen LogP contribution in [0.2, 0.25) is 5.02 Å². The van der Waals surface area contributed by atoms with Gasteiger partial charge in [0.15, 0.2) is 0 Å². The van der Waals surface area contributed by atoms with Crippen molar-refractivity contribution in [3.8, 4) is 0 Å². The number of carbonyl (C=O) groups excluding carboxylic acids is 1. The number of carboxylic acids is 1. The second-order valence-corrected chi connectivity index (χ2v) is 4.42. The molecular formula is C12H13ClFNO3. The van der Waals surface area contributed by atoms with Crippen LogP contribution < -0.4 is 5.32 Å². The number of nitrogens with one attached hydrogen (secondary N) is 1. The van der Waals surface area contributed by atoms with Crippen molar-refractivity contribution in [2.24, 2.45) is 5.92 Å². The summed E-state index contributed by atoms with van der Waals surface area (Å²) in [4.78, 5) is 22.5. The van der Waals surface area contributed by atoms with Gasteiger partial charge in [-0.25, -0.2) is 4.39 Å².